The van der Waals surface area contributed by atoms with Crippen molar-refractivity contribution >= 4 is 34.3 Å². The van der Waals surface area contributed by atoms with Crippen LogP contribution in [-0.4, -0.2) is 48.3 Å². The maximum absolute atomic E-state index is 13.4. The van der Waals surface area contributed by atoms with Crippen LogP contribution < -0.4 is 18.9 Å². The average molecular weight is 521 g/mol. The van der Waals surface area contributed by atoms with Crippen molar-refractivity contribution in [1.29, 1.82) is 0 Å². The maximum atomic E-state index is 13.4. The molecule has 9 nitrogen and oxygen atoms in total. The SMILES string of the molecule is COc1ccc(CC2=C(c3ccc4nsnc4c3)C(=O)OC2(O)c2ccc(OC)c(OC)c2)cc1OC. The van der Waals surface area contributed by atoms with Crippen LogP contribution in [0.1, 0.15) is 16.7 Å². The summed E-state index contributed by atoms with van der Waals surface area (Å²) in [5.41, 5.74) is 3.64. The van der Waals surface area contributed by atoms with Gasteiger partial charge in [-0.15, -0.1) is 0 Å². The van der Waals surface area contributed by atoms with Gasteiger partial charge in [0.05, 0.1) is 45.7 Å². The monoisotopic (exact) mass is 520 g/mol. The molecule has 1 aliphatic rings. The number of nitrogens with zero attached hydrogens (tertiary/aromatic N) is 2. The molecule has 0 saturated carbocycles. The van der Waals surface area contributed by atoms with E-state index in [2.05, 4.69) is 8.75 Å². The van der Waals surface area contributed by atoms with Gasteiger partial charge in [0.1, 0.15) is 11.0 Å². The molecule has 1 aromatic heterocycles. The lowest BCUT2D eigenvalue weighted by Gasteiger charge is -2.26. The molecular formula is C27H24N2O7S. The Morgan fingerprint density at radius 2 is 1.46 bits per heavy atom. The first kappa shape index (κ1) is 24.5. The first-order valence-corrected chi connectivity index (χ1v) is 12.0. The Balaban J connectivity index is 1.70. The minimum absolute atomic E-state index is 0.180. The van der Waals surface area contributed by atoms with Gasteiger partial charge in [0, 0.05) is 17.6 Å². The normalized spacial score (nSPS) is 17.2. The van der Waals surface area contributed by atoms with Crippen molar-refractivity contribution in [2.75, 3.05) is 28.4 Å². The Labute approximate surface area is 217 Å². The Morgan fingerprint density at radius 3 is 2.16 bits per heavy atom. The molecule has 2 heterocycles. The Hall–Kier alpha value is -4.15. The van der Waals surface area contributed by atoms with E-state index in [-0.39, 0.29) is 12.0 Å². The number of hydrogen-bond acceptors (Lipinski definition) is 10. The zero-order valence-corrected chi connectivity index (χ0v) is 21.4. The lowest BCUT2D eigenvalue weighted by molar-refractivity contribution is -0.185. The van der Waals surface area contributed by atoms with Crippen LogP contribution in [0.3, 0.4) is 0 Å². The first-order chi connectivity index (χ1) is 17.9. The first-order valence-electron chi connectivity index (χ1n) is 11.3. The molecule has 0 saturated heterocycles. The number of methoxy groups -OCH3 is 4. The molecule has 1 aliphatic heterocycles. The van der Waals surface area contributed by atoms with Crippen LogP contribution >= 0.6 is 11.7 Å². The Kier molecular flexibility index (Phi) is 6.45. The highest BCUT2D eigenvalue weighted by Crippen LogP contribution is 2.47. The molecular weight excluding hydrogens is 496 g/mol. The van der Waals surface area contributed by atoms with Gasteiger partial charge in [-0.1, -0.05) is 12.1 Å². The third-order valence-electron chi connectivity index (χ3n) is 6.30. The van der Waals surface area contributed by atoms with Gasteiger partial charge in [-0.05, 0) is 53.6 Å². The van der Waals surface area contributed by atoms with Crippen molar-refractivity contribution < 1.29 is 33.6 Å². The predicted molar refractivity (Wildman–Crippen MR) is 137 cm³/mol. The third-order valence-corrected chi connectivity index (χ3v) is 6.86. The van der Waals surface area contributed by atoms with Crippen molar-refractivity contribution in [1.82, 2.24) is 8.75 Å². The zero-order chi connectivity index (χ0) is 26.2. The Morgan fingerprint density at radius 1 is 0.811 bits per heavy atom. The van der Waals surface area contributed by atoms with E-state index in [1.807, 2.05) is 6.07 Å². The molecule has 37 heavy (non-hydrogen) atoms. The van der Waals surface area contributed by atoms with E-state index in [1.54, 1.807) is 62.8 Å². The summed E-state index contributed by atoms with van der Waals surface area (Å²) in [5, 5.41) is 12.0. The number of hydrogen-bond donors (Lipinski definition) is 1. The minimum atomic E-state index is -2.06. The van der Waals surface area contributed by atoms with Crippen molar-refractivity contribution in [3.8, 4) is 23.0 Å². The molecule has 0 aliphatic carbocycles. The second-order valence-corrected chi connectivity index (χ2v) is 8.82. The maximum Gasteiger partial charge on any atom is 0.342 e. The van der Waals surface area contributed by atoms with Crippen LogP contribution in [0.2, 0.25) is 0 Å². The van der Waals surface area contributed by atoms with Gasteiger partial charge in [-0.3, -0.25) is 0 Å². The summed E-state index contributed by atoms with van der Waals surface area (Å²) in [6, 6.07) is 15.6. The number of carbonyl (C=O) groups excluding carboxylic acids is 1. The molecule has 0 spiro atoms. The average Bonchev–Trinajstić information content (AvgIpc) is 3.49. The highest BCUT2D eigenvalue weighted by Gasteiger charge is 2.48. The summed E-state index contributed by atoms with van der Waals surface area (Å²) < 4.78 is 35.8. The fraction of sp³-hybridized carbons (Fsp3) is 0.222. The summed E-state index contributed by atoms with van der Waals surface area (Å²) in [6.45, 7) is 0. The van der Waals surface area contributed by atoms with Crippen molar-refractivity contribution in [3.63, 3.8) is 0 Å². The predicted octanol–water partition coefficient (Wildman–Crippen LogP) is 4.12. The van der Waals surface area contributed by atoms with Crippen LogP contribution in [0.4, 0.5) is 0 Å². The van der Waals surface area contributed by atoms with E-state index in [0.29, 0.717) is 45.2 Å². The number of cyclic esters (lactones) is 1. The van der Waals surface area contributed by atoms with Crippen LogP contribution in [0, 0.1) is 0 Å². The lowest BCUT2D eigenvalue weighted by Crippen LogP contribution is -2.29. The smallest absolute Gasteiger partial charge is 0.342 e. The van der Waals surface area contributed by atoms with E-state index in [0.717, 1.165) is 22.8 Å². The number of aliphatic hydroxyl groups is 1. The summed E-state index contributed by atoms with van der Waals surface area (Å²) in [7, 11) is 6.12. The van der Waals surface area contributed by atoms with Crippen molar-refractivity contribution in [2.45, 2.75) is 12.2 Å². The molecule has 0 amide bonds. The number of benzene rings is 3. The van der Waals surface area contributed by atoms with E-state index in [9.17, 15) is 9.90 Å². The molecule has 1 N–H and O–H groups in total. The molecule has 3 aromatic carbocycles. The van der Waals surface area contributed by atoms with E-state index in [4.69, 9.17) is 23.7 Å². The molecule has 10 heteroatoms. The van der Waals surface area contributed by atoms with Crippen molar-refractivity contribution in [2.24, 2.45) is 0 Å². The second kappa shape index (κ2) is 9.72. The molecule has 0 radical (unpaired) electrons. The summed E-state index contributed by atoms with van der Waals surface area (Å²) in [4.78, 5) is 13.4. The molecule has 1 unspecified atom stereocenters. The van der Waals surface area contributed by atoms with Gasteiger partial charge in [0.15, 0.2) is 23.0 Å². The standard InChI is InChI=1S/C27H24N2O7S/c1-32-21-9-5-15(12-23(21)34-3)11-18-25(16-6-8-19-20(13-16)29-37-28-19)26(30)36-27(18,31)17-7-10-22(33-2)24(14-17)35-4/h5-10,12-14,31H,11H2,1-4H3. The summed E-state index contributed by atoms with van der Waals surface area (Å²) in [5.74, 6) is -0.762. The Bertz CT molecular complexity index is 1530. The number of carbonyl (C=O) groups is 1. The number of fused-ring (bicyclic) bond motifs is 1. The summed E-state index contributed by atoms with van der Waals surface area (Å²) in [6.07, 6.45) is 0.180. The third kappa shape index (κ3) is 4.24. The van der Waals surface area contributed by atoms with E-state index in [1.165, 1.54) is 14.2 Å². The van der Waals surface area contributed by atoms with Gasteiger partial charge >= 0.3 is 5.97 Å². The topological polar surface area (TPSA) is 109 Å². The molecule has 190 valence electrons. The molecule has 0 fully saturated rings. The number of rotatable bonds is 8. The van der Waals surface area contributed by atoms with Gasteiger partial charge in [0.25, 0.3) is 5.79 Å². The van der Waals surface area contributed by atoms with E-state index < -0.39 is 11.8 Å². The van der Waals surface area contributed by atoms with Crippen LogP contribution in [-0.2, 0) is 21.7 Å². The number of ether oxygens (including phenoxy) is 5. The van der Waals surface area contributed by atoms with Gasteiger partial charge in [-0.25, -0.2) is 4.79 Å². The zero-order valence-electron chi connectivity index (χ0n) is 20.6. The van der Waals surface area contributed by atoms with Gasteiger partial charge in [0.2, 0.25) is 0 Å². The fourth-order valence-corrected chi connectivity index (χ4v) is 4.97. The lowest BCUT2D eigenvalue weighted by atomic mass is 9.87. The van der Waals surface area contributed by atoms with Crippen LogP contribution in [0.15, 0.2) is 60.2 Å². The molecule has 1 atom stereocenters. The fourth-order valence-electron chi connectivity index (χ4n) is 4.45. The van der Waals surface area contributed by atoms with Crippen LogP contribution in [0.25, 0.3) is 16.6 Å². The van der Waals surface area contributed by atoms with Crippen LogP contribution in [0.5, 0.6) is 23.0 Å². The highest BCUT2D eigenvalue weighted by atomic mass is 32.1. The second-order valence-electron chi connectivity index (χ2n) is 8.29. The van der Waals surface area contributed by atoms with Gasteiger partial charge < -0.3 is 28.8 Å². The minimum Gasteiger partial charge on any atom is -0.493 e. The number of aromatic nitrogens is 2. The van der Waals surface area contributed by atoms with E-state index >= 15 is 0 Å². The van der Waals surface area contributed by atoms with Crippen molar-refractivity contribution in [3.05, 3.63) is 76.9 Å². The highest BCUT2D eigenvalue weighted by molar-refractivity contribution is 7.00. The largest absolute Gasteiger partial charge is 0.493 e. The van der Waals surface area contributed by atoms with Gasteiger partial charge in [-0.2, -0.15) is 8.75 Å². The number of esters is 1. The molecule has 5 rings (SSSR count). The molecule has 4 aromatic rings. The summed E-state index contributed by atoms with van der Waals surface area (Å²) >= 11 is 1.09. The molecule has 0 bridgehead atoms. The quantitative estimate of drug-likeness (QED) is 0.343.